The van der Waals surface area contributed by atoms with Crippen molar-refractivity contribution in [3.05, 3.63) is 16.8 Å². The van der Waals surface area contributed by atoms with Crippen LogP contribution in [0.25, 0.3) is 0 Å². The lowest BCUT2D eigenvalue weighted by Crippen LogP contribution is -2.46. The molecule has 1 spiro atoms. The maximum absolute atomic E-state index is 11.7. The predicted octanol–water partition coefficient (Wildman–Crippen LogP) is 1.72. The Balaban J connectivity index is 0.000000853. The molecule has 0 bridgehead atoms. The van der Waals surface area contributed by atoms with Gasteiger partial charge in [-0.05, 0) is 17.9 Å². The first kappa shape index (κ1) is 10.9. The van der Waals surface area contributed by atoms with Crippen molar-refractivity contribution >= 4 is 35.3 Å². The Labute approximate surface area is 98.7 Å². The highest BCUT2D eigenvalue weighted by molar-refractivity contribution is 7.08. The van der Waals surface area contributed by atoms with Crippen LogP contribution >= 0.6 is 23.7 Å². The zero-order valence-electron chi connectivity index (χ0n) is 8.16. The van der Waals surface area contributed by atoms with Crippen molar-refractivity contribution in [1.29, 1.82) is 0 Å². The molecule has 2 N–H and O–H groups in total. The molecule has 1 aromatic heterocycles. The highest BCUT2D eigenvalue weighted by Gasteiger charge is 2.61. The number of carbonyl (C=O) groups excluding carboxylic acids is 1. The van der Waals surface area contributed by atoms with E-state index in [1.165, 1.54) is 0 Å². The maximum atomic E-state index is 11.7. The summed E-state index contributed by atoms with van der Waals surface area (Å²) in [7, 11) is 0. The van der Waals surface area contributed by atoms with Crippen LogP contribution in [0.2, 0.25) is 0 Å². The molecule has 0 aromatic carbocycles. The van der Waals surface area contributed by atoms with Gasteiger partial charge in [-0.3, -0.25) is 4.79 Å². The molecule has 1 unspecified atom stereocenters. The third kappa shape index (κ3) is 1.77. The van der Waals surface area contributed by atoms with Crippen molar-refractivity contribution in [2.75, 3.05) is 18.4 Å². The van der Waals surface area contributed by atoms with Gasteiger partial charge in [-0.25, -0.2) is 0 Å². The van der Waals surface area contributed by atoms with E-state index in [0.29, 0.717) is 5.41 Å². The van der Waals surface area contributed by atoms with E-state index in [1.807, 2.05) is 16.8 Å². The minimum Gasteiger partial charge on any atom is -0.325 e. The quantitative estimate of drug-likeness (QED) is 0.832. The van der Waals surface area contributed by atoms with Crippen LogP contribution in [0.5, 0.6) is 0 Å². The number of anilines is 1. The first-order valence-corrected chi connectivity index (χ1v) is 5.78. The van der Waals surface area contributed by atoms with Crippen molar-refractivity contribution in [3.63, 3.8) is 0 Å². The summed E-state index contributed by atoms with van der Waals surface area (Å²) in [4.78, 5) is 11.7. The van der Waals surface area contributed by atoms with Crippen molar-refractivity contribution in [2.45, 2.75) is 6.42 Å². The van der Waals surface area contributed by atoms with Gasteiger partial charge >= 0.3 is 0 Å². The van der Waals surface area contributed by atoms with E-state index in [1.54, 1.807) is 11.3 Å². The topological polar surface area (TPSA) is 41.1 Å². The second kappa shape index (κ2) is 3.77. The van der Waals surface area contributed by atoms with Gasteiger partial charge < -0.3 is 10.6 Å². The summed E-state index contributed by atoms with van der Waals surface area (Å²) in [5, 5.41) is 10.1. The highest BCUT2D eigenvalue weighted by atomic mass is 35.5. The summed E-state index contributed by atoms with van der Waals surface area (Å²) >= 11 is 1.61. The molecule has 82 valence electrons. The fraction of sp³-hybridized carbons (Fsp3) is 0.500. The second-order valence-electron chi connectivity index (χ2n) is 4.22. The molecular weight excluding hydrogens is 232 g/mol. The van der Waals surface area contributed by atoms with E-state index >= 15 is 0 Å². The first-order valence-electron chi connectivity index (χ1n) is 4.84. The fourth-order valence-corrected chi connectivity index (χ4v) is 2.71. The molecule has 1 aromatic rings. The zero-order valence-corrected chi connectivity index (χ0v) is 9.79. The van der Waals surface area contributed by atoms with E-state index in [4.69, 9.17) is 0 Å². The molecule has 1 aliphatic carbocycles. The summed E-state index contributed by atoms with van der Waals surface area (Å²) in [5.74, 6) is 0.452. The molecule has 1 saturated carbocycles. The van der Waals surface area contributed by atoms with Crippen LogP contribution < -0.4 is 10.6 Å². The molecule has 3 nitrogen and oxygen atoms in total. The van der Waals surface area contributed by atoms with Gasteiger partial charge in [-0.15, -0.1) is 12.4 Å². The molecule has 1 aliphatic heterocycles. The summed E-state index contributed by atoms with van der Waals surface area (Å²) in [6.07, 6.45) is 1.07. The molecule has 15 heavy (non-hydrogen) atoms. The van der Waals surface area contributed by atoms with Crippen LogP contribution in [0.1, 0.15) is 6.42 Å². The van der Waals surface area contributed by atoms with E-state index in [9.17, 15) is 4.79 Å². The smallest absolute Gasteiger partial charge is 0.228 e. The van der Waals surface area contributed by atoms with Crippen molar-refractivity contribution < 1.29 is 4.79 Å². The molecule has 2 heterocycles. The predicted molar refractivity (Wildman–Crippen MR) is 63.6 cm³/mol. The first-order chi connectivity index (χ1) is 6.80. The second-order valence-corrected chi connectivity index (χ2v) is 5.00. The molecule has 1 atom stereocenters. The Kier molecular flexibility index (Phi) is 2.75. The molecule has 1 amide bonds. The van der Waals surface area contributed by atoms with Gasteiger partial charge in [0, 0.05) is 29.8 Å². The van der Waals surface area contributed by atoms with Gasteiger partial charge in [0.05, 0.1) is 5.69 Å². The van der Waals surface area contributed by atoms with E-state index in [-0.39, 0.29) is 24.2 Å². The third-order valence-corrected chi connectivity index (χ3v) is 3.93. The van der Waals surface area contributed by atoms with Crippen LogP contribution in [0, 0.1) is 11.3 Å². The van der Waals surface area contributed by atoms with Gasteiger partial charge in [-0.1, -0.05) is 0 Å². The largest absolute Gasteiger partial charge is 0.325 e. The summed E-state index contributed by atoms with van der Waals surface area (Å²) in [6, 6.07) is 1.94. The average Bonchev–Trinajstić information content (AvgIpc) is 2.71. The lowest BCUT2D eigenvalue weighted by Gasteiger charge is -2.28. The lowest BCUT2D eigenvalue weighted by atomic mass is 9.96. The summed E-state index contributed by atoms with van der Waals surface area (Å²) in [6.45, 7) is 2.05. The van der Waals surface area contributed by atoms with Crippen LogP contribution in [0.3, 0.4) is 0 Å². The van der Waals surface area contributed by atoms with Crippen molar-refractivity contribution in [1.82, 2.24) is 5.32 Å². The molecule has 2 fully saturated rings. The van der Waals surface area contributed by atoms with E-state index < -0.39 is 0 Å². The maximum Gasteiger partial charge on any atom is 0.228 e. The summed E-state index contributed by atoms with van der Waals surface area (Å²) < 4.78 is 0. The number of hydrogen-bond acceptors (Lipinski definition) is 3. The Morgan fingerprint density at radius 3 is 2.87 bits per heavy atom. The zero-order chi connectivity index (χ0) is 9.60. The Hall–Kier alpha value is -0.580. The Morgan fingerprint density at radius 2 is 2.40 bits per heavy atom. The van der Waals surface area contributed by atoms with Gasteiger partial charge in [0.15, 0.2) is 0 Å². The molecule has 3 rings (SSSR count). The van der Waals surface area contributed by atoms with E-state index in [2.05, 4.69) is 10.6 Å². The molecule has 2 aliphatic rings. The number of amides is 1. The van der Waals surface area contributed by atoms with Gasteiger partial charge in [-0.2, -0.15) is 11.3 Å². The van der Waals surface area contributed by atoms with Gasteiger partial charge in [0.1, 0.15) is 0 Å². The van der Waals surface area contributed by atoms with Crippen LogP contribution in [-0.4, -0.2) is 19.0 Å². The van der Waals surface area contributed by atoms with Gasteiger partial charge in [0.25, 0.3) is 0 Å². The SMILES string of the molecule is Cl.O=C(Nc1ccsc1)C1CC12CNC2. The molecule has 0 radical (unpaired) electrons. The minimum absolute atomic E-state index is 0. The molecule has 5 heteroatoms. The Bertz CT molecular complexity index is 362. The summed E-state index contributed by atoms with van der Waals surface area (Å²) in [5.41, 5.74) is 1.27. The lowest BCUT2D eigenvalue weighted by molar-refractivity contribution is -0.118. The number of halogens is 1. The average molecular weight is 245 g/mol. The minimum atomic E-state index is 0. The standard InChI is InChI=1S/C10H12N2OS.ClH/c13-9(12-7-1-2-14-4-7)8-3-10(8)5-11-6-10;/h1-2,4,8,11H,3,5-6H2,(H,12,13);1H. The number of thiophene rings is 1. The number of rotatable bonds is 2. The van der Waals surface area contributed by atoms with Crippen molar-refractivity contribution in [2.24, 2.45) is 11.3 Å². The Morgan fingerprint density at radius 1 is 1.60 bits per heavy atom. The molecular formula is C10H13ClN2OS. The van der Waals surface area contributed by atoms with Crippen molar-refractivity contribution in [3.8, 4) is 0 Å². The monoisotopic (exact) mass is 244 g/mol. The van der Waals surface area contributed by atoms with Crippen LogP contribution in [0.4, 0.5) is 5.69 Å². The van der Waals surface area contributed by atoms with Gasteiger partial charge in [0.2, 0.25) is 5.91 Å². The van der Waals surface area contributed by atoms with Crippen LogP contribution in [-0.2, 0) is 4.79 Å². The third-order valence-electron chi connectivity index (χ3n) is 3.25. The van der Waals surface area contributed by atoms with Crippen LogP contribution in [0.15, 0.2) is 16.8 Å². The number of hydrogen-bond donors (Lipinski definition) is 2. The number of nitrogens with one attached hydrogen (secondary N) is 2. The normalized spacial score (nSPS) is 25.2. The van der Waals surface area contributed by atoms with E-state index in [0.717, 1.165) is 25.2 Å². The fourth-order valence-electron chi connectivity index (χ4n) is 2.12. The molecule has 1 saturated heterocycles. The number of carbonyl (C=O) groups is 1. The highest BCUT2D eigenvalue weighted by Crippen LogP contribution is 2.55.